The molecule has 1 heterocycles. The number of thioether (sulfide) groups is 1. The Bertz CT molecular complexity index is 600. The van der Waals surface area contributed by atoms with E-state index in [2.05, 4.69) is 6.92 Å². The Balaban J connectivity index is 2.24. The third kappa shape index (κ3) is 14.2. The number of cyclic esters (lactones) is 1. The number of unbranched alkanes of at least 4 members (excludes halogenated alkanes) is 14. The van der Waals surface area contributed by atoms with Gasteiger partial charge >= 0.3 is 11.9 Å². The Labute approximate surface area is 217 Å². The van der Waals surface area contributed by atoms with Gasteiger partial charge in [-0.2, -0.15) is 0 Å². The average molecular weight is 514 g/mol. The molecule has 4 atom stereocenters. The number of rotatable bonds is 24. The van der Waals surface area contributed by atoms with Crippen molar-refractivity contribution >= 4 is 29.6 Å². The highest BCUT2D eigenvalue weighted by atomic mass is 32.2. The van der Waals surface area contributed by atoms with Crippen LogP contribution in [0.25, 0.3) is 0 Å². The molecule has 1 unspecified atom stereocenters. The van der Waals surface area contributed by atoms with Crippen LogP contribution in [0.2, 0.25) is 0 Å². The molecule has 0 radical (unpaired) electrons. The van der Waals surface area contributed by atoms with Crippen LogP contribution in [0, 0.1) is 11.8 Å². The van der Waals surface area contributed by atoms with E-state index >= 15 is 0 Å². The molecule has 0 aromatic heterocycles. The summed E-state index contributed by atoms with van der Waals surface area (Å²) in [6.07, 6.45) is 21.2. The van der Waals surface area contributed by atoms with E-state index in [1.165, 1.54) is 83.5 Å². The standard InChI is InChI=1S/C28H51NO5S/c1-3-5-6-7-8-9-10-11-12-13-14-15-16-17-18-19-22(20-24-23(4-2)28(33)34-24)26(27(31)32)35-21-25(29)30/h22-24,26H,3-21H2,1-2H3,(H2,29,30)(H,31,32)/t22-,23-,24-,26?/m0/s1. The number of hydrogen-bond acceptors (Lipinski definition) is 5. The number of esters is 1. The van der Waals surface area contributed by atoms with Gasteiger partial charge in [-0.25, -0.2) is 0 Å². The van der Waals surface area contributed by atoms with E-state index in [0.717, 1.165) is 31.0 Å². The first-order chi connectivity index (χ1) is 16.9. The van der Waals surface area contributed by atoms with Crippen molar-refractivity contribution in [2.75, 3.05) is 5.75 Å². The Morgan fingerprint density at radius 1 is 0.886 bits per heavy atom. The molecule has 0 aromatic carbocycles. The molecule has 0 aliphatic carbocycles. The lowest BCUT2D eigenvalue weighted by Gasteiger charge is -2.38. The second kappa shape index (κ2) is 19.9. The first kappa shape index (κ1) is 31.8. The summed E-state index contributed by atoms with van der Waals surface area (Å²) in [5.41, 5.74) is 5.26. The van der Waals surface area contributed by atoms with Crippen LogP contribution in [0.5, 0.6) is 0 Å². The maximum Gasteiger partial charge on any atom is 0.316 e. The normalized spacial score (nSPS) is 19.1. The van der Waals surface area contributed by atoms with Crippen molar-refractivity contribution in [3.05, 3.63) is 0 Å². The largest absolute Gasteiger partial charge is 0.480 e. The molecule has 35 heavy (non-hydrogen) atoms. The second-order valence-electron chi connectivity index (χ2n) is 10.3. The molecule has 3 N–H and O–H groups in total. The van der Waals surface area contributed by atoms with Gasteiger partial charge in [0.15, 0.2) is 0 Å². The van der Waals surface area contributed by atoms with Gasteiger partial charge in [-0.15, -0.1) is 11.8 Å². The zero-order valence-corrected chi connectivity index (χ0v) is 23.1. The number of amides is 1. The quantitative estimate of drug-likeness (QED) is 0.108. The van der Waals surface area contributed by atoms with Crippen molar-refractivity contribution in [3.63, 3.8) is 0 Å². The maximum atomic E-state index is 11.9. The molecule has 1 amide bonds. The Kier molecular flexibility index (Phi) is 18.1. The van der Waals surface area contributed by atoms with Crippen molar-refractivity contribution in [1.29, 1.82) is 0 Å². The van der Waals surface area contributed by atoms with Crippen molar-refractivity contribution in [1.82, 2.24) is 0 Å². The van der Waals surface area contributed by atoms with Gasteiger partial charge in [-0.3, -0.25) is 14.4 Å². The molecule has 7 heteroatoms. The number of nitrogens with two attached hydrogens (primary N) is 1. The number of primary amides is 1. The lowest BCUT2D eigenvalue weighted by Crippen LogP contribution is -2.47. The van der Waals surface area contributed by atoms with E-state index in [1.54, 1.807) is 0 Å². The molecule has 0 spiro atoms. The molecular formula is C28H51NO5S. The zero-order chi connectivity index (χ0) is 25.9. The number of carboxylic acid groups (broad SMARTS) is 1. The van der Waals surface area contributed by atoms with Gasteiger partial charge in [0.1, 0.15) is 11.4 Å². The van der Waals surface area contributed by atoms with Gasteiger partial charge < -0.3 is 15.6 Å². The van der Waals surface area contributed by atoms with E-state index in [0.29, 0.717) is 12.8 Å². The third-order valence-electron chi connectivity index (χ3n) is 7.25. The molecule has 204 valence electrons. The van der Waals surface area contributed by atoms with Gasteiger partial charge in [0, 0.05) is 0 Å². The minimum absolute atomic E-state index is 0.00597. The van der Waals surface area contributed by atoms with Gasteiger partial charge in [0.25, 0.3) is 0 Å². The smallest absolute Gasteiger partial charge is 0.316 e. The van der Waals surface area contributed by atoms with Crippen molar-refractivity contribution in [2.45, 2.75) is 141 Å². The fourth-order valence-electron chi connectivity index (χ4n) is 5.09. The molecule has 6 nitrogen and oxygen atoms in total. The summed E-state index contributed by atoms with van der Waals surface area (Å²) in [5.74, 6) is -1.87. The van der Waals surface area contributed by atoms with Gasteiger partial charge in [-0.1, -0.05) is 110 Å². The number of carbonyl (C=O) groups is 3. The third-order valence-corrected chi connectivity index (χ3v) is 8.65. The molecule has 0 bridgehead atoms. The SMILES string of the molecule is CCCCCCCCCCCCCCCCC[C@@H](C[C@@H]1OC(=O)[C@H]1CC)C(SCC(N)=O)C(=O)O. The fraction of sp³-hybridized carbons (Fsp3) is 0.893. The first-order valence-electron chi connectivity index (χ1n) is 14.2. The number of carboxylic acids is 1. The van der Waals surface area contributed by atoms with Crippen molar-refractivity contribution in [3.8, 4) is 0 Å². The Morgan fingerprint density at radius 2 is 1.37 bits per heavy atom. The molecule has 1 aliphatic rings. The molecule has 1 saturated heterocycles. The highest BCUT2D eigenvalue weighted by Gasteiger charge is 2.43. The van der Waals surface area contributed by atoms with Gasteiger partial charge in [-0.05, 0) is 25.2 Å². The molecular weight excluding hydrogens is 462 g/mol. The molecule has 1 aliphatic heterocycles. The summed E-state index contributed by atoms with van der Waals surface area (Å²) in [6, 6.07) is 0. The lowest BCUT2D eigenvalue weighted by molar-refractivity contribution is -0.186. The minimum Gasteiger partial charge on any atom is -0.480 e. The van der Waals surface area contributed by atoms with Crippen LogP contribution in [0.1, 0.15) is 129 Å². The Hall–Kier alpha value is -1.24. The highest BCUT2D eigenvalue weighted by Crippen LogP contribution is 2.36. The average Bonchev–Trinajstić information content (AvgIpc) is 2.80. The number of carbonyl (C=O) groups excluding carboxylic acids is 2. The van der Waals surface area contributed by atoms with Crippen LogP contribution in [0.15, 0.2) is 0 Å². The zero-order valence-electron chi connectivity index (χ0n) is 22.3. The van der Waals surface area contributed by atoms with Crippen LogP contribution in [-0.2, 0) is 19.1 Å². The van der Waals surface area contributed by atoms with Crippen LogP contribution in [0.3, 0.4) is 0 Å². The predicted molar refractivity (Wildman–Crippen MR) is 144 cm³/mol. The van der Waals surface area contributed by atoms with Crippen LogP contribution in [-0.4, -0.2) is 40.1 Å². The summed E-state index contributed by atoms with van der Waals surface area (Å²) in [6.45, 7) is 4.22. The van der Waals surface area contributed by atoms with Crippen molar-refractivity contribution in [2.24, 2.45) is 17.6 Å². The summed E-state index contributed by atoms with van der Waals surface area (Å²) in [5, 5.41) is 9.08. The van der Waals surface area contributed by atoms with Gasteiger partial charge in [0.2, 0.25) is 5.91 Å². The number of hydrogen-bond donors (Lipinski definition) is 2. The van der Waals surface area contributed by atoms with E-state index < -0.39 is 17.1 Å². The number of ether oxygens (including phenoxy) is 1. The van der Waals surface area contributed by atoms with E-state index in [1.807, 2.05) is 6.92 Å². The summed E-state index contributed by atoms with van der Waals surface area (Å²) >= 11 is 1.10. The minimum atomic E-state index is -0.916. The number of aliphatic carboxylic acids is 1. The predicted octanol–water partition coefficient (Wildman–Crippen LogP) is 6.88. The summed E-state index contributed by atoms with van der Waals surface area (Å²) in [4.78, 5) is 34.8. The Morgan fingerprint density at radius 3 is 1.77 bits per heavy atom. The molecule has 1 fully saturated rings. The van der Waals surface area contributed by atoms with Crippen LogP contribution < -0.4 is 5.73 Å². The first-order valence-corrected chi connectivity index (χ1v) is 15.3. The van der Waals surface area contributed by atoms with Crippen LogP contribution >= 0.6 is 11.8 Å². The molecule has 0 saturated carbocycles. The van der Waals surface area contributed by atoms with E-state index in [4.69, 9.17) is 10.5 Å². The summed E-state index contributed by atoms with van der Waals surface area (Å²) < 4.78 is 5.32. The highest BCUT2D eigenvalue weighted by molar-refractivity contribution is 8.01. The van der Waals surface area contributed by atoms with Crippen LogP contribution in [0.4, 0.5) is 0 Å². The molecule has 1 rings (SSSR count). The topological polar surface area (TPSA) is 107 Å². The van der Waals surface area contributed by atoms with Crippen molar-refractivity contribution < 1.29 is 24.2 Å². The fourth-order valence-corrected chi connectivity index (χ4v) is 6.10. The monoisotopic (exact) mass is 513 g/mol. The molecule has 0 aromatic rings. The second-order valence-corrected chi connectivity index (χ2v) is 11.4. The van der Waals surface area contributed by atoms with Gasteiger partial charge in [0.05, 0.1) is 11.7 Å². The summed E-state index contributed by atoms with van der Waals surface area (Å²) in [7, 11) is 0. The lowest BCUT2D eigenvalue weighted by atomic mass is 9.83. The van der Waals surface area contributed by atoms with E-state index in [-0.39, 0.29) is 29.7 Å². The maximum absolute atomic E-state index is 11.9. The van der Waals surface area contributed by atoms with E-state index in [9.17, 15) is 19.5 Å².